The molecule has 0 bridgehead atoms. The number of hydrogen-bond donors (Lipinski definition) is 0. The molecule has 1 saturated carbocycles. The molecule has 0 heterocycles. The molecule has 1 aromatic carbocycles. The maximum atomic E-state index is 12.4. The third kappa shape index (κ3) is 3.90. The lowest BCUT2D eigenvalue weighted by molar-refractivity contribution is -0.132. The first-order valence-corrected chi connectivity index (χ1v) is 7.32. The fourth-order valence-corrected chi connectivity index (χ4v) is 3.15. The summed E-state index contributed by atoms with van der Waals surface area (Å²) in [6, 6.07) is 8.19. The largest absolute Gasteiger partial charge is 0.373 e. The van der Waals surface area contributed by atoms with E-state index in [1.807, 2.05) is 12.1 Å². The van der Waals surface area contributed by atoms with Gasteiger partial charge < -0.3 is 4.74 Å². The third-order valence-corrected chi connectivity index (χ3v) is 4.11. The van der Waals surface area contributed by atoms with Crippen molar-refractivity contribution in [1.82, 2.24) is 0 Å². The molecule has 0 amide bonds. The molecule has 2 rings (SSSR count). The molecule has 0 aromatic heterocycles. The van der Waals surface area contributed by atoms with Crippen LogP contribution in [0, 0.1) is 12.8 Å². The molecule has 19 heavy (non-hydrogen) atoms. The zero-order valence-corrected chi connectivity index (χ0v) is 12.0. The lowest BCUT2D eigenvalue weighted by Gasteiger charge is -2.28. The number of benzene rings is 1. The Morgan fingerprint density at radius 2 is 2.05 bits per heavy atom. The molecule has 0 aliphatic heterocycles. The fraction of sp³-hybridized carbons (Fsp3) is 0.588. The van der Waals surface area contributed by atoms with Crippen molar-refractivity contribution in [3.8, 4) is 0 Å². The standard InChI is InChI=1S/C17H24O2/c1-13-7-6-8-14(11-13)12-16(18)17(19-2)15-9-4-3-5-10-15/h6-8,11,15,17H,3-5,9-10,12H2,1-2H3. The Morgan fingerprint density at radius 3 is 2.68 bits per heavy atom. The first kappa shape index (κ1) is 14.3. The Balaban J connectivity index is 2.00. The average molecular weight is 260 g/mol. The number of Topliss-reactive ketones (excluding diaryl/α,β-unsaturated/α-hetero) is 1. The van der Waals surface area contributed by atoms with Gasteiger partial charge in [-0.3, -0.25) is 4.79 Å². The van der Waals surface area contributed by atoms with Crippen molar-refractivity contribution in [3.05, 3.63) is 35.4 Å². The van der Waals surface area contributed by atoms with Gasteiger partial charge in [0.1, 0.15) is 6.10 Å². The number of aryl methyl sites for hydroxylation is 1. The minimum Gasteiger partial charge on any atom is -0.373 e. The zero-order valence-electron chi connectivity index (χ0n) is 12.0. The number of carbonyl (C=O) groups is 1. The Labute approximate surface area is 116 Å². The normalized spacial score (nSPS) is 18.2. The molecule has 2 nitrogen and oxygen atoms in total. The maximum absolute atomic E-state index is 12.4. The molecule has 1 aliphatic rings. The van der Waals surface area contributed by atoms with Crippen LogP contribution in [0.15, 0.2) is 24.3 Å². The van der Waals surface area contributed by atoms with Crippen molar-refractivity contribution in [1.29, 1.82) is 0 Å². The molecular weight excluding hydrogens is 236 g/mol. The van der Waals surface area contributed by atoms with E-state index in [1.54, 1.807) is 7.11 Å². The lowest BCUT2D eigenvalue weighted by atomic mass is 9.82. The van der Waals surface area contributed by atoms with Gasteiger partial charge in [-0.25, -0.2) is 0 Å². The van der Waals surface area contributed by atoms with Crippen molar-refractivity contribution in [2.45, 2.75) is 51.6 Å². The molecular formula is C17H24O2. The summed E-state index contributed by atoms with van der Waals surface area (Å²) in [7, 11) is 1.67. The van der Waals surface area contributed by atoms with Crippen LogP contribution in [0.5, 0.6) is 0 Å². The molecule has 0 radical (unpaired) electrons. The smallest absolute Gasteiger partial charge is 0.166 e. The van der Waals surface area contributed by atoms with Gasteiger partial charge in [-0.1, -0.05) is 49.1 Å². The van der Waals surface area contributed by atoms with Crippen molar-refractivity contribution in [3.63, 3.8) is 0 Å². The van der Waals surface area contributed by atoms with Crippen LogP contribution in [-0.4, -0.2) is 19.0 Å². The Bertz CT molecular complexity index is 419. The maximum Gasteiger partial charge on any atom is 0.166 e. The summed E-state index contributed by atoms with van der Waals surface area (Å²) in [6.45, 7) is 2.06. The molecule has 1 atom stereocenters. The summed E-state index contributed by atoms with van der Waals surface area (Å²) < 4.78 is 5.50. The summed E-state index contributed by atoms with van der Waals surface area (Å²) in [6.07, 6.45) is 6.34. The quantitative estimate of drug-likeness (QED) is 0.807. The monoisotopic (exact) mass is 260 g/mol. The highest BCUT2D eigenvalue weighted by atomic mass is 16.5. The summed E-state index contributed by atoms with van der Waals surface area (Å²) in [5, 5.41) is 0. The topological polar surface area (TPSA) is 26.3 Å². The van der Waals surface area contributed by atoms with Crippen LogP contribution in [0.4, 0.5) is 0 Å². The van der Waals surface area contributed by atoms with Crippen LogP contribution in [-0.2, 0) is 16.0 Å². The second-order valence-corrected chi connectivity index (χ2v) is 5.69. The van der Waals surface area contributed by atoms with Gasteiger partial charge in [-0.2, -0.15) is 0 Å². The van der Waals surface area contributed by atoms with Crippen LogP contribution in [0.3, 0.4) is 0 Å². The predicted molar refractivity (Wildman–Crippen MR) is 77.3 cm³/mol. The van der Waals surface area contributed by atoms with Crippen molar-refractivity contribution >= 4 is 5.78 Å². The Hall–Kier alpha value is -1.15. The minimum absolute atomic E-state index is 0.208. The van der Waals surface area contributed by atoms with Crippen LogP contribution < -0.4 is 0 Å². The minimum atomic E-state index is -0.208. The van der Waals surface area contributed by atoms with E-state index in [4.69, 9.17) is 4.74 Å². The summed E-state index contributed by atoms with van der Waals surface area (Å²) >= 11 is 0. The highest BCUT2D eigenvalue weighted by Gasteiger charge is 2.29. The molecule has 1 aliphatic carbocycles. The third-order valence-electron chi connectivity index (χ3n) is 4.11. The van der Waals surface area contributed by atoms with Crippen molar-refractivity contribution < 1.29 is 9.53 Å². The highest BCUT2D eigenvalue weighted by molar-refractivity contribution is 5.85. The average Bonchev–Trinajstić information content (AvgIpc) is 2.41. The van der Waals surface area contributed by atoms with Crippen LogP contribution >= 0.6 is 0 Å². The van der Waals surface area contributed by atoms with Gasteiger partial charge in [0, 0.05) is 13.5 Å². The van der Waals surface area contributed by atoms with E-state index in [0.29, 0.717) is 12.3 Å². The molecule has 1 unspecified atom stereocenters. The van der Waals surface area contributed by atoms with E-state index in [0.717, 1.165) is 18.4 Å². The molecule has 0 spiro atoms. The number of methoxy groups -OCH3 is 1. The molecule has 1 fully saturated rings. The van der Waals surface area contributed by atoms with Crippen LogP contribution in [0.25, 0.3) is 0 Å². The first-order chi connectivity index (χ1) is 9.20. The number of ether oxygens (including phenoxy) is 1. The second-order valence-electron chi connectivity index (χ2n) is 5.69. The first-order valence-electron chi connectivity index (χ1n) is 7.32. The predicted octanol–water partition coefficient (Wildman–Crippen LogP) is 3.70. The SMILES string of the molecule is COC(C(=O)Cc1cccc(C)c1)C1CCCCC1. The second kappa shape index (κ2) is 6.85. The number of carbonyl (C=O) groups excluding carboxylic acids is 1. The molecule has 104 valence electrons. The van der Waals surface area contributed by atoms with Gasteiger partial charge in [-0.15, -0.1) is 0 Å². The lowest BCUT2D eigenvalue weighted by Crippen LogP contribution is -2.34. The van der Waals surface area contributed by atoms with E-state index in [-0.39, 0.29) is 11.9 Å². The number of ketones is 1. The Morgan fingerprint density at radius 1 is 1.32 bits per heavy atom. The van der Waals surface area contributed by atoms with Gasteiger partial charge >= 0.3 is 0 Å². The van der Waals surface area contributed by atoms with Crippen molar-refractivity contribution in [2.24, 2.45) is 5.92 Å². The van der Waals surface area contributed by atoms with E-state index >= 15 is 0 Å². The van der Waals surface area contributed by atoms with E-state index in [2.05, 4.69) is 19.1 Å². The summed E-state index contributed by atoms with van der Waals surface area (Å²) in [5.41, 5.74) is 2.31. The Kier molecular flexibility index (Phi) is 5.15. The fourth-order valence-electron chi connectivity index (χ4n) is 3.15. The highest BCUT2D eigenvalue weighted by Crippen LogP contribution is 2.28. The molecule has 2 heteroatoms. The van der Waals surface area contributed by atoms with Gasteiger partial charge in [0.25, 0.3) is 0 Å². The number of rotatable bonds is 5. The van der Waals surface area contributed by atoms with Gasteiger partial charge in [0.2, 0.25) is 0 Å². The van der Waals surface area contributed by atoms with Gasteiger partial charge in [0.05, 0.1) is 0 Å². The van der Waals surface area contributed by atoms with Gasteiger partial charge in [0.15, 0.2) is 5.78 Å². The summed E-state index contributed by atoms with van der Waals surface area (Å²) in [5.74, 6) is 0.663. The van der Waals surface area contributed by atoms with E-state index in [1.165, 1.54) is 24.8 Å². The van der Waals surface area contributed by atoms with Crippen molar-refractivity contribution in [2.75, 3.05) is 7.11 Å². The summed E-state index contributed by atoms with van der Waals surface area (Å²) in [4.78, 5) is 12.4. The molecule has 0 saturated heterocycles. The van der Waals surface area contributed by atoms with E-state index < -0.39 is 0 Å². The molecule has 1 aromatic rings. The van der Waals surface area contributed by atoms with Crippen LogP contribution in [0.1, 0.15) is 43.2 Å². The zero-order chi connectivity index (χ0) is 13.7. The van der Waals surface area contributed by atoms with Gasteiger partial charge in [-0.05, 0) is 31.2 Å². The van der Waals surface area contributed by atoms with E-state index in [9.17, 15) is 4.79 Å². The molecule has 0 N–H and O–H groups in total. The number of hydrogen-bond acceptors (Lipinski definition) is 2. The van der Waals surface area contributed by atoms with Crippen LogP contribution in [0.2, 0.25) is 0 Å².